The van der Waals surface area contributed by atoms with Gasteiger partial charge in [0.15, 0.2) is 0 Å². The van der Waals surface area contributed by atoms with Gasteiger partial charge in [-0.25, -0.2) is 0 Å². The SMILES string of the molecule is NCC1Cc2c(Br)cccc2N1. The summed E-state index contributed by atoms with van der Waals surface area (Å²) >= 11 is 3.52. The molecule has 0 saturated heterocycles. The van der Waals surface area contributed by atoms with Gasteiger partial charge in [-0.15, -0.1) is 0 Å². The summed E-state index contributed by atoms with van der Waals surface area (Å²) in [6.07, 6.45) is 1.03. The minimum Gasteiger partial charge on any atom is -0.380 e. The largest absolute Gasteiger partial charge is 0.380 e. The number of nitrogens with two attached hydrogens (primary N) is 1. The molecule has 12 heavy (non-hydrogen) atoms. The summed E-state index contributed by atoms with van der Waals surface area (Å²) in [6, 6.07) is 6.61. The molecule has 1 aliphatic heterocycles. The first kappa shape index (κ1) is 8.08. The Hall–Kier alpha value is -0.540. The Balaban J connectivity index is 2.35. The maximum Gasteiger partial charge on any atom is 0.0425 e. The van der Waals surface area contributed by atoms with Crippen molar-refractivity contribution in [3.05, 3.63) is 28.2 Å². The Bertz CT molecular complexity index is 299. The van der Waals surface area contributed by atoms with Crippen LogP contribution in [0.5, 0.6) is 0 Å². The van der Waals surface area contributed by atoms with E-state index in [1.807, 2.05) is 6.07 Å². The van der Waals surface area contributed by atoms with Crippen LogP contribution >= 0.6 is 15.9 Å². The molecule has 0 radical (unpaired) electrons. The molecule has 0 aromatic heterocycles. The third-order valence-electron chi connectivity index (χ3n) is 2.21. The van der Waals surface area contributed by atoms with Gasteiger partial charge in [0.05, 0.1) is 0 Å². The molecule has 0 spiro atoms. The van der Waals surface area contributed by atoms with Crippen molar-refractivity contribution < 1.29 is 0 Å². The normalized spacial score (nSPS) is 20.3. The summed E-state index contributed by atoms with van der Waals surface area (Å²) in [6.45, 7) is 0.696. The quantitative estimate of drug-likeness (QED) is 0.766. The molecule has 1 aliphatic rings. The van der Waals surface area contributed by atoms with Crippen LogP contribution in [-0.4, -0.2) is 12.6 Å². The highest BCUT2D eigenvalue weighted by atomic mass is 79.9. The Morgan fingerprint density at radius 1 is 1.58 bits per heavy atom. The van der Waals surface area contributed by atoms with Gasteiger partial charge in [-0.3, -0.25) is 0 Å². The van der Waals surface area contributed by atoms with Gasteiger partial charge in [-0.2, -0.15) is 0 Å². The van der Waals surface area contributed by atoms with Crippen LogP contribution in [0.4, 0.5) is 5.69 Å². The Morgan fingerprint density at radius 3 is 3.08 bits per heavy atom. The highest BCUT2D eigenvalue weighted by Crippen LogP contribution is 2.31. The van der Waals surface area contributed by atoms with Crippen LogP contribution < -0.4 is 11.1 Å². The zero-order chi connectivity index (χ0) is 8.55. The molecule has 1 heterocycles. The van der Waals surface area contributed by atoms with E-state index in [0.29, 0.717) is 12.6 Å². The van der Waals surface area contributed by atoms with E-state index in [0.717, 1.165) is 6.42 Å². The van der Waals surface area contributed by atoms with Gasteiger partial charge < -0.3 is 11.1 Å². The number of nitrogens with one attached hydrogen (secondary N) is 1. The zero-order valence-electron chi connectivity index (χ0n) is 6.68. The lowest BCUT2D eigenvalue weighted by molar-refractivity contribution is 0.759. The molecule has 2 nitrogen and oxygen atoms in total. The van der Waals surface area contributed by atoms with Crippen molar-refractivity contribution in [1.82, 2.24) is 0 Å². The summed E-state index contributed by atoms with van der Waals surface area (Å²) in [7, 11) is 0. The first-order chi connectivity index (χ1) is 5.81. The molecule has 3 heteroatoms. The smallest absolute Gasteiger partial charge is 0.0425 e. The van der Waals surface area contributed by atoms with Gasteiger partial charge in [-0.1, -0.05) is 22.0 Å². The van der Waals surface area contributed by atoms with Crippen molar-refractivity contribution >= 4 is 21.6 Å². The van der Waals surface area contributed by atoms with Crippen molar-refractivity contribution in [1.29, 1.82) is 0 Å². The van der Waals surface area contributed by atoms with Crippen molar-refractivity contribution in [2.24, 2.45) is 5.73 Å². The third-order valence-corrected chi connectivity index (χ3v) is 2.96. The average molecular weight is 227 g/mol. The molecule has 2 rings (SSSR count). The molecule has 0 bridgehead atoms. The summed E-state index contributed by atoms with van der Waals surface area (Å²) in [5.41, 5.74) is 8.16. The van der Waals surface area contributed by atoms with Crippen molar-refractivity contribution in [3.63, 3.8) is 0 Å². The minimum atomic E-state index is 0.415. The summed E-state index contributed by atoms with van der Waals surface area (Å²) in [4.78, 5) is 0. The van der Waals surface area contributed by atoms with Crippen LogP contribution in [0.15, 0.2) is 22.7 Å². The first-order valence-electron chi connectivity index (χ1n) is 4.05. The predicted octanol–water partition coefficient (Wildman–Crippen LogP) is 1.74. The number of fused-ring (bicyclic) bond motifs is 1. The highest BCUT2D eigenvalue weighted by molar-refractivity contribution is 9.10. The van der Waals surface area contributed by atoms with Crippen molar-refractivity contribution in [3.8, 4) is 0 Å². The molecular weight excluding hydrogens is 216 g/mol. The topological polar surface area (TPSA) is 38.0 Å². The molecule has 1 unspecified atom stereocenters. The zero-order valence-corrected chi connectivity index (χ0v) is 8.26. The molecule has 1 aromatic rings. The van der Waals surface area contributed by atoms with Crippen LogP contribution in [-0.2, 0) is 6.42 Å². The van der Waals surface area contributed by atoms with Crippen LogP contribution in [0.1, 0.15) is 5.56 Å². The average Bonchev–Trinajstić information content (AvgIpc) is 2.49. The van der Waals surface area contributed by atoms with Crippen LogP contribution in [0.2, 0.25) is 0 Å². The fraction of sp³-hybridized carbons (Fsp3) is 0.333. The fourth-order valence-corrected chi connectivity index (χ4v) is 2.09. The van der Waals surface area contributed by atoms with Crippen LogP contribution in [0.25, 0.3) is 0 Å². The van der Waals surface area contributed by atoms with Crippen molar-refractivity contribution in [2.45, 2.75) is 12.5 Å². The molecule has 0 fully saturated rings. The van der Waals surface area contributed by atoms with Gasteiger partial charge in [0.2, 0.25) is 0 Å². The Labute approximate surface area is 80.3 Å². The van der Waals surface area contributed by atoms with E-state index < -0.39 is 0 Å². The molecule has 1 aromatic carbocycles. The van der Waals surface area contributed by atoms with Crippen LogP contribution in [0, 0.1) is 0 Å². The maximum absolute atomic E-state index is 5.59. The van der Waals surface area contributed by atoms with E-state index >= 15 is 0 Å². The lowest BCUT2D eigenvalue weighted by Crippen LogP contribution is -2.25. The minimum absolute atomic E-state index is 0.415. The van der Waals surface area contributed by atoms with Crippen LogP contribution in [0.3, 0.4) is 0 Å². The van der Waals surface area contributed by atoms with Gasteiger partial charge in [0.1, 0.15) is 0 Å². The van der Waals surface area contributed by atoms with Gasteiger partial charge in [0.25, 0.3) is 0 Å². The van der Waals surface area contributed by atoms with E-state index in [1.165, 1.54) is 15.7 Å². The number of rotatable bonds is 1. The lowest BCUT2D eigenvalue weighted by atomic mass is 10.1. The van der Waals surface area contributed by atoms with E-state index in [9.17, 15) is 0 Å². The lowest BCUT2D eigenvalue weighted by Gasteiger charge is -2.05. The van der Waals surface area contributed by atoms with E-state index in [4.69, 9.17) is 5.73 Å². The van der Waals surface area contributed by atoms with Gasteiger partial charge in [0, 0.05) is 22.7 Å². The number of hydrogen-bond acceptors (Lipinski definition) is 2. The Kier molecular flexibility index (Phi) is 2.07. The fourth-order valence-electron chi connectivity index (χ4n) is 1.56. The monoisotopic (exact) mass is 226 g/mol. The molecule has 1 atom stereocenters. The summed E-state index contributed by atoms with van der Waals surface area (Å²) < 4.78 is 1.18. The second-order valence-corrected chi connectivity index (χ2v) is 3.90. The van der Waals surface area contributed by atoms with Gasteiger partial charge in [-0.05, 0) is 24.1 Å². The number of halogens is 1. The second kappa shape index (κ2) is 3.07. The number of anilines is 1. The van der Waals surface area contributed by atoms with E-state index in [1.54, 1.807) is 0 Å². The molecule has 0 aliphatic carbocycles. The molecular formula is C9H11BrN2. The first-order valence-corrected chi connectivity index (χ1v) is 4.84. The molecule has 3 N–H and O–H groups in total. The standard InChI is InChI=1S/C9H11BrN2/c10-8-2-1-3-9-7(8)4-6(5-11)12-9/h1-3,6,12H,4-5,11H2. The number of hydrogen-bond donors (Lipinski definition) is 2. The van der Waals surface area contributed by atoms with Gasteiger partial charge >= 0.3 is 0 Å². The molecule has 0 saturated carbocycles. The summed E-state index contributed by atoms with van der Waals surface area (Å²) in [5.74, 6) is 0. The predicted molar refractivity (Wildman–Crippen MR) is 54.3 cm³/mol. The molecule has 0 amide bonds. The summed E-state index contributed by atoms with van der Waals surface area (Å²) in [5, 5.41) is 3.37. The molecule has 64 valence electrons. The highest BCUT2D eigenvalue weighted by Gasteiger charge is 2.20. The van der Waals surface area contributed by atoms with Crippen molar-refractivity contribution in [2.75, 3.05) is 11.9 Å². The number of benzene rings is 1. The van der Waals surface area contributed by atoms with E-state index in [-0.39, 0.29) is 0 Å². The maximum atomic E-state index is 5.59. The second-order valence-electron chi connectivity index (χ2n) is 3.05. The third kappa shape index (κ3) is 1.23. The van der Waals surface area contributed by atoms with E-state index in [2.05, 4.69) is 33.4 Å². The Morgan fingerprint density at radius 2 is 2.42 bits per heavy atom.